The van der Waals surface area contributed by atoms with E-state index in [-0.39, 0.29) is 12.0 Å². The van der Waals surface area contributed by atoms with Crippen LogP contribution in [0.5, 0.6) is 5.75 Å². The molecule has 1 aromatic carbocycles. The van der Waals surface area contributed by atoms with Gasteiger partial charge in [-0.3, -0.25) is 4.79 Å². The van der Waals surface area contributed by atoms with Gasteiger partial charge in [-0.25, -0.2) is 0 Å². The minimum Gasteiger partial charge on any atom is -0.481 e. The number of hydrogen-bond acceptors (Lipinski definition) is 3. The molecule has 1 heterocycles. The molecule has 126 valence electrons. The summed E-state index contributed by atoms with van der Waals surface area (Å²) in [6, 6.07) is 6.27. The number of hydrogen-bond donors (Lipinski definition) is 1. The summed E-state index contributed by atoms with van der Waals surface area (Å²) in [5.74, 6) is 0.769. The molecular formula is C19H27NO3. The van der Waals surface area contributed by atoms with Crippen LogP contribution in [0.2, 0.25) is 0 Å². The second-order valence-corrected chi connectivity index (χ2v) is 6.53. The van der Waals surface area contributed by atoms with Crippen LogP contribution < -0.4 is 10.1 Å². The Bertz CT molecular complexity index is 537. The van der Waals surface area contributed by atoms with Gasteiger partial charge < -0.3 is 14.8 Å². The number of ether oxygens (including phenoxy) is 2. The quantitative estimate of drug-likeness (QED) is 0.877. The van der Waals surface area contributed by atoms with Gasteiger partial charge in [-0.05, 0) is 68.2 Å². The first kappa shape index (κ1) is 16.3. The second kappa shape index (κ2) is 7.82. The molecule has 0 unspecified atom stereocenters. The van der Waals surface area contributed by atoms with Crippen molar-refractivity contribution in [1.82, 2.24) is 5.32 Å². The van der Waals surface area contributed by atoms with Gasteiger partial charge in [0.15, 0.2) is 6.10 Å². The van der Waals surface area contributed by atoms with E-state index in [0.29, 0.717) is 13.0 Å². The molecule has 2 atom stereocenters. The lowest BCUT2D eigenvalue weighted by atomic mass is 9.92. The van der Waals surface area contributed by atoms with Crippen LogP contribution in [0.1, 0.15) is 50.2 Å². The fraction of sp³-hybridized carbons (Fsp3) is 0.632. The van der Waals surface area contributed by atoms with Gasteiger partial charge in [0.2, 0.25) is 0 Å². The highest BCUT2D eigenvalue weighted by Gasteiger charge is 2.22. The van der Waals surface area contributed by atoms with Crippen molar-refractivity contribution in [3.63, 3.8) is 0 Å². The Morgan fingerprint density at radius 2 is 2.13 bits per heavy atom. The van der Waals surface area contributed by atoms with E-state index in [9.17, 15) is 4.79 Å². The van der Waals surface area contributed by atoms with E-state index in [0.717, 1.165) is 38.0 Å². The van der Waals surface area contributed by atoms with Crippen LogP contribution >= 0.6 is 0 Å². The van der Waals surface area contributed by atoms with Crippen LogP contribution in [0.4, 0.5) is 0 Å². The fourth-order valence-electron chi connectivity index (χ4n) is 3.40. The van der Waals surface area contributed by atoms with Crippen LogP contribution in [-0.2, 0) is 22.4 Å². The van der Waals surface area contributed by atoms with Gasteiger partial charge in [0, 0.05) is 13.2 Å². The number of fused-ring (bicyclic) bond motifs is 1. The molecule has 1 aromatic rings. The smallest absolute Gasteiger partial charge is 0.261 e. The molecule has 23 heavy (non-hydrogen) atoms. The zero-order chi connectivity index (χ0) is 16.1. The monoisotopic (exact) mass is 317 g/mol. The maximum absolute atomic E-state index is 12.3. The summed E-state index contributed by atoms with van der Waals surface area (Å²) < 4.78 is 11.5. The Hall–Kier alpha value is -1.55. The number of carbonyl (C=O) groups excluding carboxylic acids is 1. The Morgan fingerprint density at radius 1 is 1.30 bits per heavy atom. The predicted octanol–water partition coefficient (Wildman–Crippen LogP) is 3.02. The van der Waals surface area contributed by atoms with E-state index in [4.69, 9.17) is 9.47 Å². The summed E-state index contributed by atoms with van der Waals surface area (Å²) in [4.78, 5) is 12.3. The SMILES string of the molecule is CC[C@@H](Oc1ccc2c(c1)CCCC2)C(=O)NC[C@H]1CCCO1. The average Bonchev–Trinajstić information content (AvgIpc) is 3.11. The van der Waals surface area contributed by atoms with E-state index in [1.165, 1.54) is 24.0 Å². The van der Waals surface area contributed by atoms with E-state index in [1.54, 1.807) is 0 Å². The highest BCUT2D eigenvalue weighted by molar-refractivity contribution is 5.81. The first-order valence-corrected chi connectivity index (χ1v) is 8.94. The van der Waals surface area contributed by atoms with E-state index >= 15 is 0 Å². The lowest BCUT2D eigenvalue weighted by Crippen LogP contribution is -2.41. The third kappa shape index (κ3) is 4.25. The summed E-state index contributed by atoms with van der Waals surface area (Å²) >= 11 is 0. The number of benzene rings is 1. The molecule has 4 nitrogen and oxygen atoms in total. The van der Waals surface area contributed by atoms with Crippen molar-refractivity contribution in [2.24, 2.45) is 0 Å². The van der Waals surface area contributed by atoms with Gasteiger partial charge in [0.25, 0.3) is 5.91 Å². The summed E-state index contributed by atoms with van der Waals surface area (Å²) in [7, 11) is 0. The number of nitrogens with one attached hydrogen (secondary N) is 1. The third-order valence-electron chi connectivity index (χ3n) is 4.79. The average molecular weight is 317 g/mol. The molecule has 1 aliphatic heterocycles. The Balaban J connectivity index is 1.56. The number of aryl methyl sites for hydroxylation is 2. The molecule has 2 aliphatic rings. The van der Waals surface area contributed by atoms with Crippen molar-refractivity contribution in [2.75, 3.05) is 13.2 Å². The van der Waals surface area contributed by atoms with Crippen LogP contribution in [0.25, 0.3) is 0 Å². The maximum atomic E-state index is 12.3. The van der Waals surface area contributed by atoms with Crippen molar-refractivity contribution in [1.29, 1.82) is 0 Å². The first-order valence-electron chi connectivity index (χ1n) is 8.94. The lowest BCUT2D eigenvalue weighted by Gasteiger charge is -2.21. The van der Waals surface area contributed by atoms with Crippen molar-refractivity contribution in [3.05, 3.63) is 29.3 Å². The van der Waals surface area contributed by atoms with Gasteiger partial charge in [0.1, 0.15) is 5.75 Å². The van der Waals surface area contributed by atoms with Crippen molar-refractivity contribution < 1.29 is 14.3 Å². The molecule has 0 aromatic heterocycles. The predicted molar refractivity (Wildman–Crippen MR) is 89.8 cm³/mol. The maximum Gasteiger partial charge on any atom is 0.261 e. The molecule has 1 saturated heterocycles. The molecule has 1 fully saturated rings. The number of carbonyl (C=O) groups is 1. The summed E-state index contributed by atoms with van der Waals surface area (Å²) in [5, 5.41) is 2.97. The molecule has 1 N–H and O–H groups in total. The molecule has 0 radical (unpaired) electrons. The molecular weight excluding hydrogens is 290 g/mol. The molecule has 1 amide bonds. The number of amides is 1. The van der Waals surface area contributed by atoms with E-state index < -0.39 is 6.10 Å². The summed E-state index contributed by atoms with van der Waals surface area (Å²) in [6.45, 7) is 3.38. The molecule has 0 spiro atoms. The third-order valence-corrected chi connectivity index (χ3v) is 4.79. The highest BCUT2D eigenvalue weighted by atomic mass is 16.5. The minimum absolute atomic E-state index is 0.0410. The Kier molecular flexibility index (Phi) is 5.55. The van der Waals surface area contributed by atoms with Gasteiger partial charge in [-0.2, -0.15) is 0 Å². The zero-order valence-corrected chi connectivity index (χ0v) is 14.0. The molecule has 0 saturated carbocycles. The standard InChI is InChI=1S/C19H27NO3/c1-2-18(19(21)20-13-17-8-5-11-22-17)23-16-10-9-14-6-3-4-7-15(14)12-16/h9-10,12,17-18H,2-8,11,13H2,1H3,(H,20,21)/t17-,18-/m1/s1. The highest BCUT2D eigenvalue weighted by Crippen LogP contribution is 2.26. The van der Waals surface area contributed by atoms with Gasteiger partial charge in [-0.15, -0.1) is 0 Å². The second-order valence-electron chi connectivity index (χ2n) is 6.53. The molecule has 0 bridgehead atoms. The fourth-order valence-corrected chi connectivity index (χ4v) is 3.40. The van der Waals surface area contributed by atoms with Gasteiger partial charge in [-0.1, -0.05) is 13.0 Å². The normalized spacial score (nSPS) is 21.5. The van der Waals surface area contributed by atoms with Crippen LogP contribution in [0.3, 0.4) is 0 Å². The Morgan fingerprint density at radius 3 is 2.87 bits per heavy atom. The van der Waals surface area contributed by atoms with Crippen molar-refractivity contribution in [3.8, 4) is 5.75 Å². The first-order chi connectivity index (χ1) is 11.3. The van der Waals surface area contributed by atoms with Crippen LogP contribution in [0, 0.1) is 0 Å². The summed E-state index contributed by atoms with van der Waals surface area (Å²) in [6.07, 6.45) is 7.31. The van der Waals surface area contributed by atoms with Crippen LogP contribution in [0.15, 0.2) is 18.2 Å². The van der Waals surface area contributed by atoms with E-state index in [2.05, 4.69) is 17.4 Å². The van der Waals surface area contributed by atoms with Crippen LogP contribution in [-0.4, -0.2) is 31.3 Å². The van der Waals surface area contributed by atoms with Crippen molar-refractivity contribution in [2.45, 2.75) is 64.1 Å². The van der Waals surface area contributed by atoms with Gasteiger partial charge in [0.05, 0.1) is 6.10 Å². The molecule has 3 rings (SSSR count). The topological polar surface area (TPSA) is 47.6 Å². The zero-order valence-electron chi connectivity index (χ0n) is 14.0. The van der Waals surface area contributed by atoms with Gasteiger partial charge >= 0.3 is 0 Å². The summed E-state index contributed by atoms with van der Waals surface area (Å²) in [5.41, 5.74) is 2.81. The Labute approximate surface area is 138 Å². The number of rotatable bonds is 6. The van der Waals surface area contributed by atoms with E-state index in [1.807, 2.05) is 13.0 Å². The molecule has 1 aliphatic carbocycles. The van der Waals surface area contributed by atoms with Crippen molar-refractivity contribution >= 4 is 5.91 Å². The lowest BCUT2D eigenvalue weighted by molar-refractivity contribution is -0.128. The largest absolute Gasteiger partial charge is 0.481 e. The molecule has 4 heteroatoms. The minimum atomic E-state index is -0.432.